The fraction of sp³-hybridized carbons (Fsp3) is 0.571. The highest BCUT2D eigenvalue weighted by molar-refractivity contribution is 9.10. The summed E-state index contributed by atoms with van der Waals surface area (Å²) in [4.78, 5) is 0. The first-order valence-electron chi connectivity index (χ1n) is 3.98. The Morgan fingerprint density at radius 1 is 1.12 bits per heavy atom. The second kappa shape index (κ2) is 4.14. The summed E-state index contributed by atoms with van der Waals surface area (Å²) >= 11 is 2.79. The molecule has 0 aliphatic rings. The third kappa shape index (κ3) is 2.72. The maximum atomic E-state index is 12.8. The summed E-state index contributed by atoms with van der Waals surface area (Å²) < 4.78 is 86.4. The van der Waals surface area contributed by atoms with Crippen molar-refractivity contribution in [2.45, 2.75) is 24.6 Å². The van der Waals surface area contributed by atoms with Gasteiger partial charge in [0, 0.05) is 6.20 Å². The Labute approximate surface area is 98.5 Å². The van der Waals surface area contributed by atoms with Gasteiger partial charge in [0.1, 0.15) is 6.54 Å². The monoisotopic (exact) mass is 328 g/mol. The topological polar surface area (TPSA) is 17.8 Å². The molecule has 0 bridgehead atoms. The van der Waals surface area contributed by atoms with Crippen LogP contribution in [0.4, 0.5) is 30.7 Å². The van der Waals surface area contributed by atoms with E-state index in [-0.39, 0.29) is 4.47 Å². The van der Waals surface area contributed by atoms with Crippen LogP contribution in [0.25, 0.3) is 0 Å². The molecule has 0 amide bonds. The van der Waals surface area contributed by atoms with Crippen molar-refractivity contribution in [2.24, 2.45) is 0 Å². The number of hydrogen-bond donors (Lipinski definition) is 0. The highest BCUT2D eigenvalue weighted by Crippen LogP contribution is 2.47. The normalized spacial score (nSPS) is 14.1. The van der Waals surface area contributed by atoms with Gasteiger partial charge in [-0.3, -0.25) is 4.68 Å². The first-order chi connectivity index (χ1) is 7.47. The Hall–Kier alpha value is -0.800. The van der Waals surface area contributed by atoms with Gasteiger partial charge in [0.15, 0.2) is 0 Å². The van der Waals surface area contributed by atoms with E-state index in [1.54, 1.807) is 0 Å². The molecule has 0 atom stereocenters. The zero-order valence-electron chi connectivity index (χ0n) is 7.78. The maximum Gasteiger partial charge on any atom is 0.459 e. The van der Waals surface area contributed by atoms with Gasteiger partial charge in [-0.15, -0.1) is 0 Å². The summed E-state index contributed by atoms with van der Waals surface area (Å²) in [7, 11) is 0. The Morgan fingerprint density at radius 3 is 2.00 bits per heavy atom. The molecule has 2 nitrogen and oxygen atoms in total. The molecule has 17 heavy (non-hydrogen) atoms. The third-order valence-electron chi connectivity index (χ3n) is 1.78. The summed E-state index contributed by atoms with van der Waals surface area (Å²) in [5.41, 5.74) is 0. The van der Waals surface area contributed by atoms with Gasteiger partial charge in [0.2, 0.25) is 0 Å². The van der Waals surface area contributed by atoms with Gasteiger partial charge < -0.3 is 0 Å². The fourth-order valence-electron chi connectivity index (χ4n) is 0.935. The van der Waals surface area contributed by atoms with Crippen molar-refractivity contribution in [3.63, 3.8) is 0 Å². The SMILES string of the molecule is FC(F)(F)C(F)(F)C(F)(F)Cn1cc(Br)cn1. The van der Waals surface area contributed by atoms with Gasteiger partial charge in [-0.25, -0.2) is 0 Å². The second-order valence-corrected chi connectivity index (χ2v) is 4.05. The molecule has 0 saturated carbocycles. The predicted molar refractivity (Wildman–Crippen MR) is 45.9 cm³/mol. The predicted octanol–water partition coefficient (Wildman–Crippen LogP) is 3.48. The minimum Gasteiger partial charge on any atom is -0.265 e. The van der Waals surface area contributed by atoms with E-state index in [0.717, 1.165) is 12.4 Å². The van der Waals surface area contributed by atoms with E-state index in [0.29, 0.717) is 4.68 Å². The summed E-state index contributed by atoms with van der Waals surface area (Å²) in [6.07, 6.45) is -4.47. The van der Waals surface area contributed by atoms with Crippen LogP contribution >= 0.6 is 15.9 Å². The summed E-state index contributed by atoms with van der Waals surface area (Å²) in [5, 5.41) is 3.19. The quantitative estimate of drug-likeness (QED) is 0.777. The minimum absolute atomic E-state index is 0.184. The van der Waals surface area contributed by atoms with Crippen LogP contribution in [0.15, 0.2) is 16.9 Å². The summed E-state index contributed by atoms with van der Waals surface area (Å²) in [5.74, 6) is -11.4. The van der Waals surface area contributed by atoms with Crippen molar-refractivity contribution in [3.05, 3.63) is 16.9 Å². The largest absolute Gasteiger partial charge is 0.459 e. The van der Waals surface area contributed by atoms with E-state index in [4.69, 9.17) is 0 Å². The Kier molecular flexibility index (Phi) is 3.48. The molecule has 0 unspecified atom stereocenters. The number of alkyl halides is 7. The van der Waals surface area contributed by atoms with Crippen LogP contribution in [0, 0.1) is 0 Å². The Balaban J connectivity index is 2.95. The van der Waals surface area contributed by atoms with Crippen LogP contribution in [0.3, 0.4) is 0 Å². The molecule has 0 spiro atoms. The molecule has 10 heteroatoms. The van der Waals surface area contributed by atoms with Crippen LogP contribution in [-0.2, 0) is 6.54 Å². The van der Waals surface area contributed by atoms with Crippen molar-refractivity contribution >= 4 is 15.9 Å². The molecule has 0 aromatic carbocycles. The van der Waals surface area contributed by atoms with Gasteiger partial charge in [-0.05, 0) is 15.9 Å². The Bertz CT molecular complexity index is 397. The lowest BCUT2D eigenvalue weighted by atomic mass is 10.1. The summed E-state index contributed by atoms with van der Waals surface area (Å²) in [6, 6.07) is 0. The number of aromatic nitrogens is 2. The number of nitrogens with zero attached hydrogens (tertiary/aromatic N) is 2. The zero-order valence-corrected chi connectivity index (χ0v) is 9.37. The first kappa shape index (κ1) is 14.3. The van der Waals surface area contributed by atoms with Crippen LogP contribution in [0.5, 0.6) is 0 Å². The van der Waals surface area contributed by atoms with Gasteiger partial charge in [0.25, 0.3) is 0 Å². The van der Waals surface area contributed by atoms with Crippen molar-refractivity contribution in [1.29, 1.82) is 0 Å². The average molecular weight is 329 g/mol. The lowest BCUT2D eigenvalue weighted by Crippen LogP contribution is -2.53. The number of hydrogen-bond acceptors (Lipinski definition) is 1. The molecule has 1 aromatic heterocycles. The van der Waals surface area contributed by atoms with Crippen LogP contribution < -0.4 is 0 Å². The maximum absolute atomic E-state index is 12.8. The highest BCUT2D eigenvalue weighted by Gasteiger charge is 2.73. The van der Waals surface area contributed by atoms with Crippen molar-refractivity contribution in [3.8, 4) is 0 Å². The van der Waals surface area contributed by atoms with Gasteiger partial charge >= 0.3 is 18.0 Å². The molecule has 1 rings (SSSR count). The van der Waals surface area contributed by atoms with Crippen molar-refractivity contribution in [1.82, 2.24) is 9.78 Å². The van der Waals surface area contributed by atoms with Crippen molar-refractivity contribution < 1.29 is 30.7 Å². The smallest absolute Gasteiger partial charge is 0.265 e. The highest BCUT2D eigenvalue weighted by atomic mass is 79.9. The second-order valence-electron chi connectivity index (χ2n) is 3.13. The fourth-order valence-corrected chi connectivity index (χ4v) is 1.26. The molecule has 0 radical (unpaired) electrons. The van der Waals surface area contributed by atoms with Crippen molar-refractivity contribution in [2.75, 3.05) is 0 Å². The molecule has 0 fully saturated rings. The standard InChI is InChI=1S/C7H4BrF7N2/c8-4-1-16-17(2-4)3-5(9,10)6(11,12)7(13,14)15/h1-2H,3H2. The van der Waals surface area contributed by atoms with Crippen LogP contribution in [-0.4, -0.2) is 27.8 Å². The van der Waals surface area contributed by atoms with E-state index in [1.807, 2.05) is 0 Å². The third-order valence-corrected chi connectivity index (χ3v) is 2.19. The molecule has 98 valence electrons. The molecule has 1 heterocycles. The summed E-state index contributed by atoms with van der Waals surface area (Å²) in [6.45, 7) is -1.87. The van der Waals surface area contributed by atoms with Gasteiger partial charge in [-0.1, -0.05) is 0 Å². The molecule has 0 N–H and O–H groups in total. The lowest BCUT2D eigenvalue weighted by molar-refractivity contribution is -0.357. The first-order valence-corrected chi connectivity index (χ1v) is 4.77. The van der Waals surface area contributed by atoms with Gasteiger partial charge in [-0.2, -0.15) is 35.8 Å². The lowest BCUT2D eigenvalue weighted by Gasteiger charge is -2.27. The molecule has 0 aliphatic heterocycles. The molecule has 1 aromatic rings. The van der Waals surface area contributed by atoms with E-state index in [9.17, 15) is 30.7 Å². The van der Waals surface area contributed by atoms with Crippen LogP contribution in [0.2, 0.25) is 0 Å². The number of halogens is 8. The molecule has 0 aliphatic carbocycles. The Morgan fingerprint density at radius 2 is 1.65 bits per heavy atom. The van der Waals surface area contributed by atoms with Gasteiger partial charge in [0.05, 0.1) is 10.7 Å². The zero-order chi connectivity index (χ0) is 13.5. The molecular formula is C7H4BrF7N2. The number of rotatable bonds is 3. The molecular weight excluding hydrogens is 325 g/mol. The van der Waals surface area contributed by atoms with E-state index >= 15 is 0 Å². The minimum atomic E-state index is -6.32. The van der Waals surface area contributed by atoms with Crippen LogP contribution in [0.1, 0.15) is 0 Å². The molecule has 0 saturated heterocycles. The van der Waals surface area contributed by atoms with E-state index < -0.39 is 24.6 Å². The average Bonchev–Trinajstić information content (AvgIpc) is 2.47. The van der Waals surface area contributed by atoms with E-state index in [1.165, 1.54) is 0 Å². The van der Waals surface area contributed by atoms with E-state index in [2.05, 4.69) is 21.0 Å².